The highest BCUT2D eigenvalue weighted by Gasteiger charge is 2.54. The summed E-state index contributed by atoms with van der Waals surface area (Å²) in [6.07, 6.45) is 0.937. The molecule has 3 nitrogen and oxygen atoms in total. The van der Waals surface area contributed by atoms with E-state index in [1.54, 1.807) is 7.11 Å². The molecule has 0 aliphatic heterocycles. The van der Waals surface area contributed by atoms with Crippen LogP contribution in [0.3, 0.4) is 0 Å². The molecule has 1 aromatic rings. The molecular formula is C16H20O3. The van der Waals surface area contributed by atoms with Crippen LogP contribution >= 0.6 is 0 Å². The van der Waals surface area contributed by atoms with Gasteiger partial charge in [0.05, 0.1) is 13.0 Å². The highest BCUT2D eigenvalue weighted by molar-refractivity contribution is 6.00. The zero-order valence-corrected chi connectivity index (χ0v) is 11.8. The first-order valence-corrected chi connectivity index (χ1v) is 6.53. The lowest BCUT2D eigenvalue weighted by Gasteiger charge is -2.47. The molecule has 0 aromatic heterocycles. The zero-order valence-electron chi connectivity index (χ0n) is 11.8. The van der Waals surface area contributed by atoms with Crippen LogP contribution in [-0.2, 0) is 9.59 Å². The van der Waals surface area contributed by atoms with E-state index >= 15 is 0 Å². The summed E-state index contributed by atoms with van der Waals surface area (Å²) in [6, 6.07) is 7.40. The number of carbonyl (C=O) groups excluding carboxylic acids is 2. The fraction of sp³-hybridized carbons (Fsp3) is 0.500. The maximum atomic E-state index is 12.3. The SMILES string of the molecule is COc1ccc(C2C(=O)[C@@H](C(C)(C)C)[C@H]2C=O)cc1. The fourth-order valence-corrected chi connectivity index (χ4v) is 3.01. The molecule has 0 bridgehead atoms. The summed E-state index contributed by atoms with van der Waals surface area (Å²) < 4.78 is 5.10. The van der Waals surface area contributed by atoms with E-state index in [0.717, 1.165) is 17.6 Å². The number of benzene rings is 1. The normalized spacial score (nSPS) is 26.7. The molecule has 1 saturated carbocycles. The Kier molecular flexibility index (Phi) is 3.48. The third-order valence-electron chi connectivity index (χ3n) is 3.95. The van der Waals surface area contributed by atoms with Crippen LogP contribution in [0.4, 0.5) is 0 Å². The number of carbonyl (C=O) groups is 2. The molecule has 1 unspecified atom stereocenters. The molecule has 0 heterocycles. The first kappa shape index (κ1) is 13.8. The predicted octanol–water partition coefficient (Wildman–Crippen LogP) is 2.84. The van der Waals surface area contributed by atoms with Crippen molar-refractivity contribution < 1.29 is 14.3 Å². The van der Waals surface area contributed by atoms with Crippen molar-refractivity contribution in [2.24, 2.45) is 17.3 Å². The number of ether oxygens (including phenoxy) is 1. The van der Waals surface area contributed by atoms with Gasteiger partial charge in [-0.2, -0.15) is 0 Å². The van der Waals surface area contributed by atoms with Gasteiger partial charge in [0.2, 0.25) is 0 Å². The Morgan fingerprint density at radius 2 is 1.74 bits per heavy atom. The van der Waals surface area contributed by atoms with Crippen molar-refractivity contribution in [3.05, 3.63) is 29.8 Å². The van der Waals surface area contributed by atoms with Crippen molar-refractivity contribution in [1.29, 1.82) is 0 Å². The van der Waals surface area contributed by atoms with Crippen molar-refractivity contribution in [2.75, 3.05) is 7.11 Å². The van der Waals surface area contributed by atoms with Gasteiger partial charge in [-0.15, -0.1) is 0 Å². The maximum Gasteiger partial charge on any atom is 0.145 e. The average molecular weight is 260 g/mol. The fourth-order valence-electron chi connectivity index (χ4n) is 3.01. The number of hydrogen-bond acceptors (Lipinski definition) is 3. The van der Waals surface area contributed by atoms with Gasteiger partial charge in [-0.25, -0.2) is 0 Å². The van der Waals surface area contributed by atoms with Crippen LogP contribution in [0.15, 0.2) is 24.3 Å². The Labute approximate surface area is 114 Å². The Morgan fingerprint density at radius 3 is 2.16 bits per heavy atom. The highest BCUT2D eigenvalue weighted by atomic mass is 16.5. The van der Waals surface area contributed by atoms with E-state index in [-0.39, 0.29) is 29.0 Å². The second-order valence-electron chi connectivity index (χ2n) is 6.21. The number of methoxy groups -OCH3 is 1. The Bertz CT molecular complexity index is 482. The van der Waals surface area contributed by atoms with Gasteiger partial charge in [-0.05, 0) is 23.1 Å². The summed E-state index contributed by atoms with van der Waals surface area (Å²) in [4.78, 5) is 23.7. The number of ketones is 1. The minimum absolute atomic E-state index is 0.161. The molecule has 1 fully saturated rings. The smallest absolute Gasteiger partial charge is 0.145 e. The second kappa shape index (κ2) is 4.80. The summed E-state index contributed by atoms with van der Waals surface area (Å²) in [6.45, 7) is 6.03. The van der Waals surface area contributed by atoms with Crippen LogP contribution < -0.4 is 4.74 Å². The lowest BCUT2D eigenvalue weighted by molar-refractivity contribution is -0.148. The minimum Gasteiger partial charge on any atom is -0.497 e. The van der Waals surface area contributed by atoms with Gasteiger partial charge in [-0.3, -0.25) is 4.79 Å². The molecule has 3 heteroatoms. The van der Waals surface area contributed by atoms with Gasteiger partial charge in [0.1, 0.15) is 17.8 Å². The summed E-state index contributed by atoms with van der Waals surface area (Å²) in [5.74, 6) is 0.269. The zero-order chi connectivity index (χ0) is 14.2. The second-order valence-corrected chi connectivity index (χ2v) is 6.21. The van der Waals surface area contributed by atoms with Crippen molar-refractivity contribution >= 4 is 12.1 Å². The molecule has 1 aliphatic carbocycles. The van der Waals surface area contributed by atoms with Gasteiger partial charge in [0, 0.05) is 11.8 Å². The topological polar surface area (TPSA) is 43.4 Å². The van der Waals surface area contributed by atoms with Gasteiger partial charge in [-0.1, -0.05) is 32.9 Å². The van der Waals surface area contributed by atoms with E-state index in [2.05, 4.69) is 0 Å². The summed E-state index contributed by atoms with van der Waals surface area (Å²) in [7, 11) is 1.60. The molecule has 0 spiro atoms. The minimum atomic E-state index is -0.285. The number of Topliss-reactive ketones (excluding diaryl/α,β-unsaturated/α-hetero) is 1. The van der Waals surface area contributed by atoms with Gasteiger partial charge in [0.15, 0.2) is 0 Å². The average Bonchev–Trinajstić information content (AvgIpc) is 2.34. The number of hydrogen-bond donors (Lipinski definition) is 0. The molecular weight excluding hydrogens is 240 g/mol. The van der Waals surface area contributed by atoms with Crippen LogP contribution in [0.25, 0.3) is 0 Å². The standard InChI is InChI=1S/C16H20O3/c1-16(2,3)14-12(9-17)13(15(14)18)10-5-7-11(19-4)8-6-10/h5-9,12-14H,1-4H3/t12-,13?,14-/m0/s1. The highest BCUT2D eigenvalue weighted by Crippen LogP contribution is 2.50. The van der Waals surface area contributed by atoms with E-state index in [4.69, 9.17) is 4.74 Å². The van der Waals surface area contributed by atoms with Gasteiger partial charge in [0.25, 0.3) is 0 Å². The van der Waals surface area contributed by atoms with E-state index < -0.39 is 0 Å². The molecule has 2 rings (SSSR count). The predicted molar refractivity (Wildman–Crippen MR) is 73.2 cm³/mol. The Balaban J connectivity index is 2.26. The Morgan fingerprint density at radius 1 is 1.16 bits per heavy atom. The lowest BCUT2D eigenvalue weighted by atomic mass is 9.54. The van der Waals surface area contributed by atoms with E-state index in [0.29, 0.717) is 0 Å². The van der Waals surface area contributed by atoms with Crippen LogP contribution in [0, 0.1) is 17.3 Å². The van der Waals surface area contributed by atoms with Crippen LogP contribution in [0.2, 0.25) is 0 Å². The first-order valence-electron chi connectivity index (χ1n) is 6.53. The van der Waals surface area contributed by atoms with Crippen LogP contribution in [0.1, 0.15) is 32.3 Å². The van der Waals surface area contributed by atoms with Gasteiger partial charge < -0.3 is 9.53 Å². The van der Waals surface area contributed by atoms with E-state index in [9.17, 15) is 9.59 Å². The molecule has 0 amide bonds. The molecule has 0 N–H and O–H groups in total. The third-order valence-corrected chi connectivity index (χ3v) is 3.95. The molecule has 1 aromatic carbocycles. The Hall–Kier alpha value is -1.64. The largest absolute Gasteiger partial charge is 0.497 e. The quantitative estimate of drug-likeness (QED) is 0.785. The molecule has 102 valence electrons. The summed E-state index contributed by atoms with van der Waals surface area (Å²) >= 11 is 0. The summed E-state index contributed by atoms with van der Waals surface area (Å²) in [5.41, 5.74) is 0.745. The third kappa shape index (κ3) is 2.29. The van der Waals surface area contributed by atoms with Gasteiger partial charge >= 0.3 is 0 Å². The van der Waals surface area contributed by atoms with Crippen molar-refractivity contribution in [3.8, 4) is 5.75 Å². The van der Waals surface area contributed by atoms with Crippen molar-refractivity contribution in [2.45, 2.75) is 26.7 Å². The van der Waals surface area contributed by atoms with E-state index in [1.807, 2.05) is 45.0 Å². The van der Waals surface area contributed by atoms with E-state index in [1.165, 1.54) is 0 Å². The molecule has 0 radical (unpaired) electrons. The maximum absolute atomic E-state index is 12.3. The number of rotatable bonds is 3. The molecule has 3 atom stereocenters. The first-order chi connectivity index (χ1) is 8.90. The van der Waals surface area contributed by atoms with Crippen molar-refractivity contribution in [3.63, 3.8) is 0 Å². The van der Waals surface area contributed by atoms with Crippen LogP contribution in [-0.4, -0.2) is 19.2 Å². The monoisotopic (exact) mass is 260 g/mol. The molecule has 19 heavy (non-hydrogen) atoms. The van der Waals surface area contributed by atoms with Crippen molar-refractivity contribution in [1.82, 2.24) is 0 Å². The number of aldehydes is 1. The molecule has 1 aliphatic rings. The van der Waals surface area contributed by atoms with Crippen LogP contribution in [0.5, 0.6) is 5.75 Å². The molecule has 0 saturated heterocycles. The lowest BCUT2D eigenvalue weighted by Crippen LogP contribution is -2.52. The summed E-state index contributed by atoms with van der Waals surface area (Å²) in [5, 5.41) is 0.